The van der Waals surface area contributed by atoms with E-state index in [1.807, 2.05) is 5.38 Å². The standard InChI is InChI=1S/C21H24FN5OS/c1-14-7-9-26(10-8-14)12-16-13-29-21(24-16)25-20(28)17-11-23-27(15(17)2)19-6-4-3-5-18(19)22/h3-6,11,13-14H,7-10,12H2,1-2H3,(H,24,25,28). The van der Waals surface area contributed by atoms with Crippen molar-refractivity contribution < 1.29 is 9.18 Å². The van der Waals surface area contributed by atoms with Gasteiger partial charge in [-0.05, 0) is 50.9 Å². The molecule has 2 aromatic heterocycles. The number of nitrogens with one attached hydrogen (secondary N) is 1. The molecule has 1 amide bonds. The van der Waals surface area contributed by atoms with Gasteiger partial charge in [-0.25, -0.2) is 14.1 Å². The van der Waals surface area contributed by atoms with Gasteiger partial charge in [0, 0.05) is 11.9 Å². The van der Waals surface area contributed by atoms with E-state index >= 15 is 0 Å². The molecule has 3 aromatic rings. The van der Waals surface area contributed by atoms with E-state index in [4.69, 9.17) is 0 Å². The molecule has 4 rings (SSSR count). The third-order valence-electron chi connectivity index (χ3n) is 5.37. The number of nitrogens with zero attached hydrogens (tertiary/aromatic N) is 4. The minimum atomic E-state index is -0.387. The fraction of sp³-hybridized carbons (Fsp3) is 0.381. The monoisotopic (exact) mass is 413 g/mol. The minimum absolute atomic E-state index is 0.294. The number of hydrogen-bond donors (Lipinski definition) is 1. The van der Waals surface area contributed by atoms with Crippen molar-refractivity contribution in [2.75, 3.05) is 18.4 Å². The number of carbonyl (C=O) groups is 1. The number of aromatic nitrogens is 3. The van der Waals surface area contributed by atoms with Crippen LogP contribution in [0.15, 0.2) is 35.8 Å². The maximum absolute atomic E-state index is 14.1. The number of thiazole rings is 1. The summed E-state index contributed by atoms with van der Waals surface area (Å²) >= 11 is 1.42. The summed E-state index contributed by atoms with van der Waals surface area (Å²) in [7, 11) is 0. The Balaban J connectivity index is 1.43. The lowest BCUT2D eigenvalue weighted by Gasteiger charge is -2.29. The number of benzene rings is 1. The lowest BCUT2D eigenvalue weighted by molar-refractivity contribution is 0.102. The average molecular weight is 414 g/mol. The highest BCUT2D eigenvalue weighted by Crippen LogP contribution is 2.22. The highest BCUT2D eigenvalue weighted by atomic mass is 32.1. The van der Waals surface area contributed by atoms with Gasteiger partial charge in [-0.1, -0.05) is 19.1 Å². The Labute approximate surface area is 173 Å². The van der Waals surface area contributed by atoms with E-state index in [0.717, 1.165) is 31.2 Å². The van der Waals surface area contributed by atoms with Gasteiger partial charge in [0.2, 0.25) is 0 Å². The normalized spacial score (nSPS) is 15.6. The van der Waals surface area contributed by atoms with Crippen LogP contribution in [-0.2, 0) is 6.54 Å². The molecule has 0 unspecified atom stereocenters. The van der Waals surface area contributed by atoms with E-state index in [1.165, 1.54) is 41.1 Å². The first-order valence-electron chi connectivity index (χ1n) is 9.79. The predicted octanol–water partition coefficient (Wildman–Crippen LogP) is 4.26. The predicted molar refractivity (Wildman–Crippen MR) is 112 cm³/mol. The number of likely N-dealkylation sites (tertiary alicyclic amines) is 1. The maximum atomic E-state index is 14.1. The second-order valence-electron chi connectivity index (χ2n) is 7.56. The topological polar surface area (TPSA) is 63.1 Å². The Morgan fingerprint density at radius 1 is 1.31 bits per heavy atom. The first-order valence-corrected chi connectivity index (χ1v) is 10.7. The van der Waals surface area contributed by atoms with Crippen LogP contribution >= 0.6 is 11.3 Å². The molecular formula is C21H24FN5OS. The number of carbonyl (C=O) groups excluding carboxylic acids is 1. The molecule has 1 fully saturated rings. The lowest BCUT2D eigenvalue weighted by atomic mass is 9.99. The fourth-order valence-corrected chi connectivity index (χ4v) is 4.25. The molecule has 1 aliphatic heterocycles. The molecule has 0 bridgehead atoms. The van der Waals surface area contributed by atoms with Gasteiger partial charge in [-0.3, -0.25) is 15.0 Å². The number of anilines is 1. The summed E-state index contributed by atoms with van der Waals surface area (Å²) in [6.45, 7) is 7.04. The number of rotatable bonds is 5. The number of amides is 1. The molecule has 29 heavy (non-hydrogen) atoms. The van der Waals surface area contributed by atoms with Crippen LogP contribution in [-0.4, -0.2) is 38.7 Å². The zero-order valence-corrected chi connectivity index (χ0v) is 17.4. The van der Waals surface area contributed by atoms with E-state index in [1.54, 1.807) is 25.1 Å². The quantitative estimate of drug-likeness (QED) is 0.679. The van der Waals surface area contributed by atoms with Crippen LogP contribution in [0, 0.1) is 18.7 Å². The van der Waals surface area contributed by atoms with Crippen molar-refractivity contribution in [1.29, 1.82) is 0 Å². The van der Waals surface area contributed by atoms with Crippen molar-refractivity contribution in [3.8, 4) is 5.69 Å². The summed E-state index contributed by atoms with van der Waals surface area (Å²) in [6, 6.07) is 6.36. The van der Waals surface area contributed by atoms with Gasteiger partial charge < -0.3 is 0 Å². The van der Waals surface area contributed by atoms with E-state index in [9.17, 15) is 9.18 Å². The maximum Gasteiger partial charge on any atom is 0.260 e. The third kappa shape index (κ3) is 4.38. The number of piperidine rings is 1. The number of hydrogen-bond acceptors (Lipinski definition) is 5. The van der Waals surface area contributed by atoms with Crippen molar-refractivity contribution in [2.45, 2.75) is 33.2 Å². The summed E-state index contributed by atoms with van der Waals surface area (Å²) in [5.74, 6) is 0.116. The second-order valence-corrected chi connectivity index (χ2v) is 8.42. The molecule has 0 aliphatic carbocycles. The van der Waals surface area contributed by atoms with Crippen LogP contribution in [0.1, 0.15) is 41.5 Å². The van der Waals surface area contributed by atoms with Gasteiger partial charge in [0.25, 0.3) is 5.91 Å². The fourth-order valence-electron chi connectivity index (χ4n) is 3.55. The first kappa shape index (κ1) is 19.7. The minimum Gasteiger partial charge on any atom is -0.298 e. The summed E-state index contributed by atoms with van der Waals surface area (Å²) in [5, 5.41) is 9.59. The number of halogens is 1. The van der Waals surface area contributed by atoms with Gasteiger partial charge in [0.1, 0.15) is 11.5 Å². The molecule has 0 atom stereocenters. The van der Waals surface area contributed by atoms with E-state index < -0.39 is 0 Å². The Morgan fingerprint density at radius 3 is 2.83 bits per heavy atom. The van der Waals surface area contributed by atoms with Gasteiger partial charge >= 0.3 is 0 Å². The molecule has 1 saturated heterocycles. The Kier molecular flexibility index (Phi) is 5.73. The molecule has 0 spiro atoms. The SMILES string of the molecule is Cc1c(C(=O)Nc2nc(CN3CCC(C)CC3)cs2)cnn1-c1ccccc1F. The van der Waals surface area contributed by atoms with Crippen LogP contribution in [0.5, 0.6) is 0 Å². The van der Waals surface area contributed by atoms with Crippen molar-refractivity contribution >= 4 is 22.4 Å². The zero-order chi connectivity index (χ0) is 20.4. The molecule has 1 N–H and O–H groups in total. The Bertz CT molecular complexity index is 1010. The first-order chi connectivity index (χ1) is 14.0. The van der Waals surface area contributed by atoms with Crippen LogP contribution < -0.4 is 5.32 Å². The molecule has 8 heteroatoms. The van der Waals surface area contributed by atoms with Gasteiger partial charge in [0.15, 0.2) is 5.13 Å². The summed E-state index contributed by atoms with van der Waals surface area (Å²) in [4.78, 5) is 19.7. The van der Waals surface area contributed by atoms with E-state index in [0.29, 0.717) is 22.1 Å². The van der Waals surface area contributed by atoms with Crippen molar-refractivity contribution in [1.82, 2.24) is 19.7 Å². The molecular weight excluding hydrogens is 389 g/mol. The highest BCUT2D eigenvalue weighted by Gasteiger charge is 2.19. The lowest BCUT2D eigenvalue weighted by Crippen LogP contribution is -2.32. The summed E-state index contributed by atoms with van der Waals surface area (Å²) < 4.78 is 15.5. The van der Waals surface area contributed by atoms with Crippen molar-refractivity contribution in [3.63, 3.8) is 0 Å². The van der Waals surface area contributed by atoms with Gasteiger partial charge in [-0.2, -0.15) is 5.10 Å². The molecule has 6 nitrogen and oxygen atoms in total. The third-order valence-corrected chi connectivity index (χ3v) is 6.18. The molecule has 1 aliphatic rings. The average Bonchev–Trinajstić information content (AvgIpc) is 3.30. The van der Waals surface area contributed by atoms with Gasteiger partial charge in [0.05, 0.1) is 23.1 Å². The van der Waals surface area contributed by atoms with Crippen LogP contribution in [0.2, 0.25) is 0 Å². The second kappa shape index (κ2) is 8.42. The highest BCUT2D eigenvalue weighted by molar-refractivity contribution is 7.14. The molecule has 3 heterocycles. The van der Waals surface area contributed by atoms with Crippen molar-refractivity contribution in [3.05, 3.63) is 58.6 Å². The molecule has 152 valence electrons. The van der Waals surface area contributed by atoms with E-state index in [2.05, 4.69) is 27.2 Å². The van der Waals surface area contributed by atoms with Crippen LogP contribution in [0.25, 0.3) is 5.69 Å². The molecule has 0 radical (unpaired) electrons. The zero-order valence-electron chi connectivity index (χ0n) is 16.6. The van der Waals surface area contributed by atoms with Gasteiger partial charge in [-0.15, -0.1) is 11.3 Å². The Hall–Kier alpha value is -2.58. The van der Waals surface area contributed by atoms with Crippen LogP contribution in [0.4, 0.5) is 9.52 Å². The van der Waals surface area contributed by atoms with Crippen LogP contribution in [0.3, 0.4) is 0 Å². The molecule has 0 saturated carbocycles. The van der Waals surface area contributed by atoms with E-state index in [-0.39, 0.29) is 11.7 Å². The smallest absolute Gasteiger partial charge is 0.260 e. The summed E-state index contributed by atoms with van der Waals surface area (Å²) in [5.41, 5.74) is 2.26. The largest absolute Gasteiger partial charge is 0.298 e. The number of para-hydroxylation sites is 1. The summed E-state index contributed by atoms with van der Waals surface area (Å²) in [6.07, 6.45) is 3.90. The molecule has 1 aromatic carbocycles. The Morgan fingerprint density at radius 2 is 2.07 bits per heavy atom. The van der Waals surface area contributed by atoms with Crippen molar-refractivity contribution in [2.24, 2.45) is 5.92 Å².